The Balaban J connectivity index is 1.66. The van der Waals surface area contributed by atoms with Crippen molar-refractivity contribution in [2.45, 2.75) is 13.0 Å². The van der Waals surface area contributed by atoms with Crippen LogP contribution in [0.4, 0.5) is 10.2 Å². The Morgan fingerprint density at radius 1 is 1.12 bits per heavy atom. The van der Waals surface area contributed by atoms with Crippen LogP contribution in [0.1, 0.15) is 11.1 Å². The lowest BCUT2D eigenvalue weighted by molar-refractivity contribution is -0.115. The number of amides is 1. The van der Waals surface area contributed by atoms with E-state index in [4.69, 9.17) is 0 Å². The van der Waals surface area contributed by atoms with Crippen molar-refractivity contribution in [3.63, 3.8) is 0 Å². The smallest absolute Gasteiger partial charge is 0.229 e. The third kappa shape index (κ3) is 4.29. The van der Waals surface area contributed by atoms with Crippen molar-refractivity contribution >= 4 is 27.7 Å². The predicted octanol–water partition coefficient (Wildman–Crippen LogP) is 4.01. The van der Waals surface area contributed by atoms with Gasteiger partial charge in [0.1, 0.15) is 11.6 Å². The van der Waals surface area contributed by atoms with Crippen molar-refractivity contribution < 1.29 is 9.18 Å². The molecule has 6 heteroatoms. The van der Waals surface area contributed by atoms with E-state index in [9.17, 15) is 9.18 Å². The molecule has 0 saturated carbocycles. The minimum absolute atomic E-state index is 0.169. The van der Waals surface area contributed by atoms with E-state index < -0.39 is 0 Å². The number of carbonyl (C=O) groups excluding carboxylic acids is 1. The third-order valence-corrected chi connectivity index (χ3v) is 3.98. The highest BCUT2D eigenvalue weighted by molar-refractivity contribution is 9.10. The second-order valence-corrected chi connectivity index (χ2v) is 6.27. The molecule has 1 heterocycles. The molecule has 0 radical (unpaired) electrons. The zero-order valence-corrected chi connectivity index (χ0v) is 14.3. The summed E-state index contributed by atoms with van der Waals surface area (Å²) >= 11 is 3.44. The van der Waals surface area contributed by atoms with Crippen LogP contribution in [0, 0.1) is 5.82 Å². The first kappa shape index (κ1) is 16.4. The summed E-state index contributed by atoms with van der Waals surface area (Å²) in [5.41, 5.74) is 1.83. The fourth-order valence-electron chi connectivity index (χ4n) is 2.35. The van der Waals surface area contributed by atoms with Crippen molar-refractivity contribution in [1.29, 1.82) is 0 Å². The van der Waals surface area contributed by atoms with Crippen molar-refractivity contribution in [2.75, 3.05) is 5.32 Å². The Bertz CT molecular complexity index is 845. The zero-order valence-electron chi connectivity index (χ0n) is 12.7. The van der Waals surface area contributed by atoms with E-state index in [1.165, 1.54) is 12.1 Å². The van der Waals surface area contributed by atoms with Crippen LogP contribution in [0.3, 0.4) is 0 Å². The molecule has 122 valence electrons. The fourth-order valence-corrected chi connectivity index (χ4v) is 2.79. The number of nitrogens with zero attached hydrogens (tertiary/aromatic N) is 2. The SMILES string of the molecule is O=C(Cc1ccc(F)cc1)Nc1ccnn1Cc1cccc(Br)c1. The van der Waals surface area contributed by atoms with Crippen molar-refractivity contribution in [2.24, 2.45) is 0 Å². The number of nitrogens with one attached hydrogen (secondary N) is 1. The largest absolute Gasteiger partial charge is 0.311 e. The Kier molecular flexibility index (Phi) is 5.05. The van der Waals surface area contributed by atoms with Crippen molar-refractivity contribution in [3.05, 3.63) is 82.2 Å². The van der Waals surface area contributed by atoms with Crippen LogP contribution >= 0.6 is 15.9 Å². The van der Waals surface area contributed by atoms with Gasteiger partial charge in [0.25, 0.3) is 0 Å². The number of carbonyl (C=O) groups is 1. The second-order valence-electron chi connectivity index (χ2n) is 5.36. The number of anilines is 1. The van der Waals surface area contributed by atoms with E-state index in [-0.39, 0.29) is 18.1 Å². The Hall–Kier alpha value is -2.47. The van der Waals surface area contributed by atoms with Gasteiger partial charge in [-0.3, -0.25) is 4.79 Å². The minimum Gasteiger partial charge on any atom is -0.311 e. The summed E-state index contributed by atoms with van der Waals surface area (Å²) in [4.78, 5) is 12.2. The van der Waals surface area contributed by atoms with Gasteiger partial charge in [0.15, 0.2) is 0 Å². The maximum Gasteiger partial charge on any atom is 0.229 e. The van der Waals surface area contributed by atoms with Gasteiger partial charge < -0.3 is 5.32 Å². The molecule has 0 fully saturated rings. The molecule has 0 unspecified atom stereocenters. The Morgan fingerprint density at radius 3 is 2.67 bits per heavy atom. The number of hydrogen-bond acceptors (Lipinski definition) is 2. The fraction of sp³-hybridized carbons (Fsp3) is 0.111. The van der Waals surface area contributed by atoms with Crippen LogP contribution in [0.25, 0.3) is 0 Å². The maximum atomic E-state index is 12.9. The highest BCUT2D eigenvalue weighted by atomic mass is 79.9. The van der Waals surface area contributed by atoms with Gasteiger partial charge >= 0.3 is 0 Å². The van der Waals surface area contributed by atoms with E-state index in [1.807, 2.05) is 24.3 Å². The molecule has 0 saturated heterocycles. The molecule has 3 rings (SSSR count). The summed E-state index contributed by atoms with van der Waals surface area (Å²) in [7, 11) is 0. The quantitative estimate of drug-likeness (QED) is 0.718. The number of hydrogen-bond donors (Lipinski definition) is 1. The van der Waals surface area contributed by atoms with E-state index in [2.05, 4.69) is 26.3 Å². The zero-order chi connectivity index (χ0) is 16.9. The van der Waals surface area contributed by atoms with E-state index in [1.54, 1.807) is 29.1 Å². The van der Waals surface area contributed by atoms with Crippen LogP contribution in [-0.2, 0) is 17.8 Å². The first-order chi connectivity index (χ1) is 11.6. The number of aromatic nitrogens is 2. The summed E-state index contributed by atoms with van der Waals surface area (Å²) < 4.78 is 15.6. The molecule has 1 amide bonds. The molecule has 2 aromatic carbocycles. The molecule has 3 aromatic rings. The molecule has 0 aliphatic rings. The predicted molar refractivity (Wildman–Crippen MR) is 94.2 cm³/mol. The highest BCUT2D eigenvalue weighted by Crippen LogP contribution is 2.15. The van der Waals surface area contributed by atoms with Gasteiger partial charge in [0.05, 0.1) is 19.2 Å². The molecule has 4 nitrogen and oxygen atoms in total. The Labute approximate surface area is 147 Å². The van der Waals surface area contributed by atoms with Gasteiger partial charge in [-0.25, -0.2) is 9.07 Å². The van der Waals surface area contributed by atoms with Gasteiger partial charge in [-0.15, -0.1) is 0 Å². The van der Waals surface area contributed by atoms with Crippen LogP contribution in [-0.4, -0.2) is 15.7 Å². The Morgan fingerprint density at radius 2 is 1.92 bits per heavy atom. The average molecular weight is 388 g/mol. The van der Waals surface area contributed by atoms with Crippen LogP contribution in [0.5, 0.6) is 0 Å². The normalized spacial score (nSPS) is 10.6. The molecule has 1 N–H and O–H groups in total. The molecule has 0 atom stereocenters. The van der Waals surface area contributed by atoms with E-state index in [0.29, 0.717) is 12.4 Å². The van der Waals surface area contributed by atoms with Gasteiger partial charge in [0, 0.05) is 10.5 Å². The summed E-state index contributed by atoms with van der Waals surface area (Å²) in [5, 5.41) is 7.09. The highest BCUT2D eigenvalue weighted by Gasteiger charge is 2.09. The number of benzene rings is 2. The van der Waals surface area contributed by atoms with Gasteiger partial charge in [-0.1, -0.05) is 40.2 Å². The lowest BCUT2D eigenvalue weighted by Gasteiger charge is -2.09. The average Bonchev–Trinajstić information content (AvgIpc) is 2.96. The van der Waals surface area contributed by atoms with Gasteiger partial charge in [-0.2, -0.15) is 5.10 Å². The van der Waals surface area contributed by atoms with E-state index >= 15 is 0 Å². The maximum absolute atomic E-state index is 12.9. The molecule has 0 bridgehead atoms. The minimum atomic E-state index is -0.314. The summed E-state index contributed by atoms with van der Waals surface area (Å²) in [6, 6.07) is 15.6. The molecule has 1 aromatic heterocycles. The second kappa shape index (κ2) is 7.40. The van der Waals surface area contributed by atoms with Crippen molar-refractivity contribution in [1.82, 2.24) is 9.78 Å². The standard InChI is InChI=1S/C18H15BrFN3O/c19-15-3-1-2-14(10-15)12-23-17(8-9-21-23)22-18(24)11-13-4-6-16(20)7-5-13/h1-10H,11-12H2,(H,22,24). The van der Waals surface area contributed by atoms with Crippen LogP contribution < -0.4 is 5.32 Å². The molecule has 0 aliphatic carbocycles. The number of halogens is 2. The first-order valence-corrected chi connectivity index (χ1v) is 8.20. The third-order valence-electron chi connectivity index (χ3n) is 3.48. The van der Waals surface area contributed by atoms with E-state index in [0.717, 1.165) is 15.6 Å². The first-order valence-electron chi connectivity index (χ1n) is 7.41. The lowest BCUT2D eigenvalue weighted by Crippen LogP contribution is -2.18. The summed E-state index contributed by atoms with van der Waals surface area (Å²) in [6.07, 6.45) is 1.83. The van der Waals surface area contributed by atoms with Crippen LogP contribution in [0.2, 0.25) is 0 Å². The molecule has 0 aliphatic heterocycles. The van der Waals surface area contributed by atoms with Crippen molar-refractivity contribution in [3.8, 4) is 0 Å². The molecule has 24 heavy (non-hydrogen) atoms. The summed E-state index contributed by atoms with van der Waals surface area (Å²) in [6.45, 7) is 0.554. The topological polar surface area (TPSA) is 46.9 Å². The van der Waals surface area contributed by atoms with Gasteiger partial charge in [0.2, 0.25) is 5.91 Å². The summed E-state index contributed by atoms with van der Waals surface area (Å²) in [5.74, 6) is 0.144. The molecular weight excluding hydrogens is 373 g/mol. The monoisotopic (exact) mass is 387 g/mol. The molecular formula is C18H15BrFN3O. The lowest BCUT2D eigenvalue weighted by atomic mass is 10.1. The number of rotatable bonds is 5. The van der Waals surface area contributed by atoms with Gasteiger partial charge in [-0.05, 0) is 35.4 Å². The van der Waals surface area contributed by atoms with Crippen LogP contribution in [0.15, 0.2) is 65.3 Å². The molecule has 0 spiro atoms.